The predicted octanol–water partition coefficient (Wildman–Crippen LogP) is 12.4. The van der Waals surface area contributed by atoms with Gasteiger partial charge < -0.3 is 9.13 Å². The third-order valence-corrected chi connectivity index (χ3v) is 11.2. The maximum Gasteiger partial charge on any atom is 0.416 e. The van der Waals surface area contributed by atoms with Crippen molar-refractivity contribution in [3.63, 3.8) is 0 Å². The van der Waals surface area contributed by atoms with Crippen LogP contribution < -0.4 is 0 Å². The lowest BCUT2D eigenvalue weighted by molar-refractivity contribution is -0.143. The van der Waals surface area contributed by atoms with Crippen molar-refractivity contribution < 1.29 is 26.3 Å². The first kappa shape index (κ1) is 40.1. The molecule has 4 heterocycles. The van der Waals surface area contributed by atoms with Gasteiger partial charge in [0.15, 0.2) is 11.6 Å². The largest absolute Gasteiger partial charge is 0.416 e. The summed E-state index contributed by atoms with van der Waals surface area (Å²) in [5, 5.41) is 14.3. The number of aryl methyl sites for hydroxylation is 4. The molecule has 314 valence electrons. The molecule has 4 aromatic heterocycles. The maximum atomic E-state index is 14.4. The Morgan fingerprint density at radius 3 is 1.19 bits per heavy atom. The van der Waals surface area contributed by atoms with E-state index < -0.39 is 23.5 Å². The van der Waals surface area contributed by atoms with Gasteiger partial charge in [-0.15, -0.1) is 0 Å². The molecule has 0 aliphatic carbocycles. The molecule has 0 unspecified atom stereocenters. The first-order valence-corrected chi connectivity index (χ1v) is 19.9. The Morgan fingerprint density at radius 1 is 0.422 bits per heavy atom. The van der Waals surface area contributed by atoms with Crippen LogP contribution in [0.4, 0.5) is 26.3 Å². The normalized spacial score (nSPS) is 12.2. The molecular formula is C49H31F6N9. The highest BCUT2D eigenvalue weighted by Gasteiger charge is 2.37. The molecule has 0 saturated carbocycles. The van der Waals surface area contributed by atoms with Gasteiger partial charge in [-0.25, -0.2) is 29.9 Å². The summed E-state index contributed by atoms with van der Waals surface area (Å²) in [7, 11) is 0. The molecule has 0 aliphatic heterocycles. The number of halogens is 6. The SMILES string of the molecule is Cc1nc(C)nc(-c2ccc3c(c2)c2ccccc2n3-c2cc(-c3cc(C(F)(F)F)cc(C(F)(F)F)c3)cc(-n3c4ccccc4c4cc(-c5nc(C)nc(C)n5)ccc43)c2C#N)n1. The van der Waals surface area contributed by atoms with Crippen molar-refractivity contribution in [1.82, 2.24) is 39.0 Å². The highest BCUT2D eigenvalue weighted by atomic mass is 19.4. The van der Waals surface area contributed by atoms with E-state index >= 15 is 0 Å². The van der Waals surface area contributed by atoms with E-state index in [1.165, 1.54) is 12.1 Å². The minimum Gasteiger partial charge on any atom is -0.308 e. The minimum absolute atomic E-state index is 0.0120. The van der Waals surface area contributed by atoms with Crippen molar-refractivity contribution in [3.05, 3.63) is 155 Å². The number of alkyl halides is 6. The van der Waals surface area contributed by atoms with Crippen LogP contribution in [0.15, 0.2) is 115 Å². The monoisotopic (exact) mass is 859 g/mol. The molecule has 9 nitrogen and oxygen atoms in total. The van der Waals surface area contributed by atoms with Crippen LogP contribution in [0.25, 0.3) is 88.9 Å². The van der Waals surface area contributed by atoms with Gasteiger partial charge in [0, 0.05) is 32.7 Å². The molecule has 10 aromatic rings. The van der Waals surface area contributed by atoms with Crippen molar-refractivity contribution in [2.24, 2.45) is 0 Å². The van der Waals surface area contributed by atoms with E-state index in [0.29, 0.717) is 80.3 Å². The van der Waals surface area contributed by atoms with Crippen LogP contribution >= 0.6 is 0 Å². The quantitative estimate of drug-likeness (QED) is 0.158. The first-order chi connectivity index (χ1) is 30.5. The van der Waals surface area contributed by atoms with Crippen molar-refractivity contribution in [2.75, 3.05) is 0 Å². The average molecular weight is 860 g/mol. The van der Waals surface area contributed by atoms with E-state index in [1.54, 1.807) is 27.7 Å². The lowest BCUT2D eigenvalue weighted by Gasteiger charge is -2.20. The molecule has 0 amide bonds. The standard InChI is InChI=1S/C49H31F6N9/c1-25-57-26(2)60-46(59-25)29-13-15-42-37(19-29)35-9-5-7-11-40(35)63(42)44-21-32(31-17-33(48(50,51)52)23-34(18-31)49(53,54)55)22-45(39(44)24-56)64-41-12-8-6-10-36(41)38-20-30(14-16-43(38)64)47-61-27(3)58-28(4)62-47/h5-23H,1-4H3. The Hall–Kier alpha value is -7.99. The molecular weight excluding hydrogens is 829 g/mol. The fraction of sp³-hybridized carbons (Fsp3) is 0.122. The second kappa shape index (κ2) is 14.6. The topological polar surface area (TPSA) is 111 Å². The van der Waals surface area contributed by atoms with Crippen molar-refractivity contribution in [1.29, 1.82) is 5.26 Å². The summed E-state index contributed by atoms with van der Waals surface area (Å²) < 4.78 is 90.2. The second-order valence-corrected chi connectivity index (χ2v) is 15.5. The van der Waals surface area contributed by atoms with Crippen LogP contribution in [-0.2, 0) is 12.4 Å². The number of nitriles is 1. The molecule has 0 radical (unpaired) electrons. The van der Waals surface area contributed by atoms with Gasteiger partial charge in [-0.05, 0) is 118 Å². The lowest BCUT2D eigenvalue weighted by Crippen LogP contribution is -2.11. The van der Waals surface area contributed by atoms with E-state index in [9.17, 15) is 31.6 Å². The van der Waals surface area contributed by atoms with E-state index in [0.717, 1.165) is 21.5 Å². The number of para-hydroxylation sites is 2. The molecule has 0 N–H and O–H groups in total. The zero-order chi connectivity index (χ0) is 44.8. The smallest absolute Gasteiger partial charge is 0.308 e. The number of fused-ring (bicyclic) bond motifs is 6. The molecule has 0 atom stereocenters. The maximum absolute atomic E-state index is 14.4. The van der Waals surface area contributed by atoms with Crippen LogP contribution in [0.1, 0.15) is 40.0 Å². The van der Waals surface area contributed by atoms with Gasteiger partial charge in [0.1, 0.15) is 34.9 Å². The van der Waals surface area contributed by atoms with Crippen LogP contribution in [0.5, 0.6) is 0 Å². The van der Waals surface area contributed by atoms with E-state index in [2.05, 4.69) is 36.0 Å². The zero-order valence-corrected chi connectivity index (χ0v) is 34.3. The van der Waals surface area contributed by atoms with Crippen LogP contribution in [-0.4, -0.2) is 39.0 Å². The summed E-state index contributed by atoms with van der Waals surface area (Å²) in [4.78, 5) is 26.8. The minimum atomic E-state index is -5.10. The van der Waals surface area contributed by atoms with Crippen LogP contribution in [0, 0.1) is 39.0 Å². The Labute approximate surface area is 360 Å². The molecule has 10 rings (SSSR count). The number of benzene rings is 6. The summed E-state index contributed by atoms with van der Waals surface area (Å²) in [5.74, 6) is 3.04. The van der Waals surface area contributed by atoms with Crippen LogP contribution in [0.2, 0.25) is 0 Å². The van der Waals surface area contributed by atoms with Crippen molar-refractivity contribution in [2.45, 2.75) is 40.0 Å². The molecule has 0 spiro atoms. The summed E-state index contributed by atoms with van der Waals surface area (Å²) >= 11 is 0. The molecule has 0 bridgehead atoms. The van der Waals surface area contributed by atoms with Gasteiger partial charge in [0.05, 0.1) is 44.6 Å². The molecule has 0 aliphatic rings. The molecule has 64 heavy (non-hydrogen) atoms. The van der Waals surface area contributed by atoms with Gasteiger partial charge in [-0.2, -0.15) is 31.6 Å². The zero-order valence-electron chi connectivity index (χ0n) is 34.3. The second-order valence-electron chi connectivity index (χ2n) is 15.5. The summed E-state index contributed by atoms with van der Waals surface area (Å²) in [6.07, 6.45) is -10.2. The van der Waals surface area contributed by atoms with Crippen molar-refractivity contribution in [3.8, 4) is 51.3 Å². The number of rotatable bonds is 5. The Morgan fingerprint density at radius 2 is 0.797 bits per heavy atom. The first-order valence-electron chi connectivity index (χ1n) is 19.9. The summed E-state index contributed by atoms with van der Waals surface area (Å²) in [6.45, 7) is 7.08. The lowest BCUT2D eigenvalue weighted by atomic mass is 9.96. The fourth-order valence-electron chi connectivity index (χ4n) is 8.60. The Bertz CT molecular complexity index is 3350. The Balaban J connectivity index is 1.32. The van der Waals surface area contributed by atoms with E-state index in [4.69, 9.17) is 0 Å². The predicted molar refractivity (Wildman–Crippen MR) is 232 cm³/mol. The van der Waals surface area contributed by atoms with E-state index in [-0.39, 0.29) is 34.1 Å². The number of aromatic nitrogens is 8. The highest BCUT2D eigenvalue weighted by Crippen LogP contribution is 2.44. The van der Waals surface area contributed by atoms with Crippen molar-refractivity contribution >= 4 is 43.6 Å². The fourth-order valence-corrected chi connectivity index (χ4v) is 8.60. The van der Waals surface area contributed by atoms with Gasteiger partial charge in [0.25, 0.3) is 0 Å². The number of hydrogen-bond donors (Lipinski definition) is 0. The summed E-state index contributed by atoms with van der Waals surface area (Å²) in [5.41, 5.74) is 1.16. The van der Waals surface area contributed by atoms with Gasteiger partial charge >= 0.3 is 12.4 Å². The Kier molecular flexibility index (Phi) is 9.12. The number of hydrogen-bond acceptors (Lipinski definition) is 7. The third kappa shape index (κ3) is 6.74. The molecule has 15 heteroatoms. The van der Waals surface area contributed by atoms with Gasteiger partial charge in [0.2, 0.25) is 0 Å². The third-order valence-electron chi connectivity index (χ3n) is 11.2. The average Bonchev–Trinajstić information content (AvgIpc) is 3.76. The van der Waals surface area contributed by atoms with Gasteiger partial charge in [-0.3, -0.25) is 0 Å². The number of nitrogens with zero attached hydrogens (tertiary/aromatic N) is 9. The molecule has 6 aromatic carbocycles. The molecule has 0 saturated heterocycles. The molecule has 0 fully saturated rings. The highest BCUT2D eigenvalue weighted by molar-refractivity contribution is 6.12. The van der Waals surface area contributed by atoms with Gasteiger partial charge in [-0.1, -0.05) is 36.4 Å². The van der Waals surface area contributed by atoms with Crippen LogP contribution in [0.3, 0.4) is 0 Å². The summed E-state index contributed by atoms with van der Waals surface area (Å²) in [6, 6.07) is 32.9. The van der Waals surface area contributed by atoms with E-state index in [1.807, 2.05) is 94.1 Å².